The van der Waals surface area contributed by atoms with Crippen molar-refractivity contribution in [3.63, 3.8) is 0 Å². The van der Waals surface area contributed by atoms with Crippen LogP contribution in [0, 0.1) is 5.82 Å². The van der Waals surface area contributed by atoms with E-state index in [4.69, 9.17) is 0 Å². The van der Waals surface area contributed by atoms with Gasteiger partial charge < -0.3 is 5.32 Å². The molecule has 4 nitrogen and oxygen atoms in total. The van der Waals surface area contributed by atoms with E-state index >= 15 is 0 Å². The smallest absolute Gasteiger partial charge is 0.178 e. The maximum absolute atomic E-state index is 13.4. The van der Waals surface area contributed by atoms with Crippen molar-refractivity contribution in [1.82, 2.24) is 10.3 Å². The van der Waals surface area contributed by atoms with E-state index in [2.05, 4.69) is 10.3 Å². The summed E-state index contributed by atoms with van der Waals surface area (Å²) in [5, 5.41) is 5.30. The topological polar surface area (TPSA) is 59.1 Å². The van der Waals surface area contributed by atoms with Crippen LogP contribution >= 0.6 is 11.3 Å². The molecule has 3 rings (SSSR count). The van der Waals surface area contributed by atoms with Gasteiger partial charge in [-0.3, -0.25) is 0 Å². The number of thiazole rings is 1. The molecular weight excluding hydrogens is 311 g/mol. The zero-order valence-corrected chi connectivity index (χ0v) is 12.9. The van der Waals surface area contributed by atoms with Crippen LogP contribution in [-0.4, -0.2) is 25.7 Å². The minimum atomic E-state index is -3.28. The maximum atomic E-state index is 13.4. The highest BCUT2D eigenvalue weighted by Gasteiger charge is 2.30. The van der Waals surface area contributed by atoms with Crippen molar-refractivity contribution in [3.8, 4) is 0 Å². The van der Waals surface area contributed by atoms with Crippen molar-refractivity contribution >= 4 is 21.2 Å². The summed E-state index contributed by atoms with van der Waals surface area (Å²) in [5.74, 6) is -0.308. The Morgan fingerprint density at radius 3 is 3.05 bits per heavy atom. The molecule has 1 aromatic carbocycles. The Hall–Kier alpha value is -1.31. The number of hydrogen-bond acceptors (Lipinski definition) is 5. The van der Waals surface area contributed by atoms with Crippen molar-refractivity contribution in [2.75, 3.05) is 12.3 Å². The number of hydrogen-bond donors (Lipinski definition) is 1. The minimum absolute atomic E-state index is 0.0972. The highest BCUT2D eigenvalue weighted by atomic mass is 32.2. The van der Waals surface area contributed by atoms with Gasteiger partial charge in [-0.05, 0) is 30.2 Å². The number of nitrogens with one attached hydrogen (secondary N) is 1. The van der Waals surface area contributed by atoms with E-state index in [1.807, 2.05) is 5.38 Å². The fourth-order valence-electron chi connectivity index (χ4n) is 2.56. The lowest BCUT2D eigenvalue weighted by Crippen LogP contribution is -2.31. The zero-order valence-electron chi connectivity index (χ0n) is 11.3. The molecule has 0 amide bonds. The van der Waals surface area contributed by atoms with E-state index in [-0.39, 0.29) is 16.7 Å². The first kappa shape index (κ1) is 14.6. The van der Waals surface area contributed by atoms with Gasteiger partial charge in [0.2, 0.25) is 0 Å². The Morgan fingerprint density at radius 2 is 2.29 bits per heavy atom. The lowest BCUT2D eigenvalue weighted by Gasteiger charge is -2.26. The Labute approximate surface area is 127 Å². The van der Waals surface area contributed by atoms with Gasteiger partial charge >= 0.3 is 0 Å². The van der Waals surface area contributed by atoms with Crippen molar-refractivity contribution < 1.29 is 12.8 Å². The number of nitrogens with zero attached hydrogens (tertiary/aromatic N) is 1. The summed E-state index contributed by atoms with van der Waals surface area (Å²) in [4.78, 5) is 4.45. The standard InChI is InChI=1S/C14H15FN2O2S2/c15-10-1-2-14-12(7-10)13(4-6-21(14,18)19)16-5-3-11-8-20-9-17-11/h1-2,7-9,13,16H,3-6H2. The molecule has 21 heavy (non-hydrogen) atoms. The molecule has 0 spiro atoms. The molecule has 0 saturated carbocycles. The second-order valence-electron chi connectivity index (χ2n) is 5.03. The van der Waals surface area contributed by atoms with Crippen LogP contribution in [0.25, 0.3) is 0 Å². The molecule has 1 aliphatic rings. The molecule has 0 aliphatic carbocycles. The molecular formula is C14H15FN2O2S2. The molecule has 0 bridgehead atoms. The summed E-state index contributed by atoms with van der Waals surface area (Å²) < 4.78 is 37.5. The SMILES string of the molecule is O=S1(=O)CCC(NCCc2cscn2)c2cc(F)ccc21. The fourth-order valence-corrected chi connectivity index (χ4v) is 4.76. The first-order chi connectivity index (χ1) is 10.1. The number of rotatable bonds is 4. The molecule has 1 atom stereocenters. The first-order valence-corrected chi connectivity index (χ1v) is 9.28. The van der Waals surface area contributed by atoms with Crippen LogP contribution in [-0.2, 0) is 16.3 Å². The first-order valence-electron chi connectivity index (χ1n) is 6.69. The Balaban J connectivity index is 1.76. The quantitative estimate of drug-likeness (QED) is 0.876. The van der Waals surface area contributed by atoms with Crippen LogP contribution in [0.4, 0.5) is 4.39 Å². The fraction of sp³-hybridized carbons (Fsp3) is 0.357. The van der Waals surface area contributed by atoms with Gasteiger partial charge in [-0.2, -0.15) is 0 Å². The number of fused-ring (bicyclic) bond motifs is 1. The summed E-state index contributed by atoms with van der Waals surface area (Å²) >= 11 is 1.55. The van der Waals surface area contributed by atoms with Gasteiger partial charge in [-0.25, -0.2) is 17.8 Å². The molecule has 1 unspecified atom stereocenters. The summed E-state index contributed by atoms with van der Waals surface area (Å²) in [7, 11) is -3.28. The molecule has 0 radical (unpaired) electrons. The van der Waals surface area contributed by atoms with E-state index < -0.39 is 15.7 Å². The van der Waals surface area contributed by atoms with Crippen LogP contribution in [0.1, 0.15) is 23.7 Å². The second-order valence-corrected chi connectivity index (χ2v) is 7.82. The molecule has 0 saturated heterocycles. The summed E-state index contributed by atoms with van der Waals surface area (Å²) in [6.45, 7) is 0.685. The lowest BCUT2D eigenvalue weighted by molar-refractivity contribution is 0.489. The van der Waals surface area contributed by atoms with Crippen LogP contribution in [0.2, 0.25) is 0 Å². The molecule has 1 N–H and O–H groups in total. The molecule has 1 aliphatic heterocycles. The van der Waals surface area contributed by atoms with Gasteiger partial charge in [0.25, 0.3) is 0 Å². The molecule has 2 aromatic rings. The van der Waals surface area contributed by atoms with Crippen molar-refractivity contribution in [2.45, 2.75) is 23.8 Å². The molecule has 112 valence electrons. The number of aromatic nitrogens is 1. The van der Waals surface area contributed by atoms with Crippen molar-refractivity contribution in [2.24, 2.45) is 0 Å². The van der Waals surface area contributed by atoms with Crippen LogP contribution < -0.4 is 5.32 Å². The minimum Gasteiger partial charge on any atom is -0.309 e. The molecule has 7 heteroatoms. The monoisotopic (exact) mass is 326 g/mol. The van der Waals surface area contributed by atoms with Gasteiger partial charge in [0.05, 0.1) is 21.9 Å². The summed E-state index contributed by atoms with van der Waals surface area (Å²) in [5.41, 5.74) is 3.34. The maximum Gasteiger partial charge on any atom is 0.178 e. The predicted octanol–water partition coefficient (Wildman–Crippen LogP) is 2.33. The molecule has 0 fully saturated rings. The zero-order chi connectivity index (χ0) is 14.9. The van der Waals surface area contributed by atoms with Crippen LogP contribution in [0.15, 0.2) is 34.0 Å². The van der Waals surface area contributed by atoms with Crippen molar-refractivity contribution in [1.29, 1.82) is 0 Å². The summed E-state index contributed by atoms with van der Waals surface area (Å²) in [6, 6.07) is 3.77. The Morgan fingerprint density at radius 1 is 1.43 bits per heavy atom. The van der Waals surface area contributed by atoms with E-state index in [1.165, 1.54) is 18.2 Å². The Bertz CT molecular complexity index is 729. The van der Waals surface area contributed by atoms with Crippen molar-refractivity contribution in [3.05, 3.63) is 46.2 Å². The summed E-state index contributed by atoms with van der Waals surface area (Å²) in [6.07, 6.45) is 1.24. The Kier molecular flexibility index (Phi) is 4.05. The van der Waals surface area contributed by atoms with Crippen LogP contribution in [0.3, 0.4) is 0 Å². The van der Waals surface area contributed by atoms with Crippen LogP contribution in [0.5, 0.6) is 0 Å². The predicted molar refractivity (Wildman–Crippen MR) is 79.6 cm³/mol. The van der Waals surface area contributed by atoms with E-state index in [0.29, 0.717) is 18.5 Å². The average molecular weight is 326 g/mol. The average Bonchev–Trinajstić information content (AvgIpc) is 2.94. The van der Waals surface area contributed by atoms with E-state index in [1.54, 1.807) is 16.8 Å². The third-order valence-corrected chi connectivity index (χ3v) is 6.06. The number of halogens is 1. The van der Waals surface area contributed by atoms with Gasteiger partial charge in [-0.15, -0.1) is 11.3 Å². The molecule has 2 heterocycles. The number of benzene rings is 1. The van der Waals surface area contributed by atoms with Gasteiger partial charge in [0, 0.05) is 24.4 Å². The van der Waals surface area contributed by atoms with Gasteiger partial charge in [-0.1, -0.05) is 0 Å². The second kappa shape index (κ2) is 5.82. The van der Waals surface area contributed by atoms with Gasteiger partial charge in [0.15, 0.2) is 9.84 Å². The third-order valence-electron chi connectivity index (χ3n) is 3.61. The van der Waals surface area contributed by atoms with E-state index in [0.717, 1.165) is 12.1 Å². The molecule has 1 aromatic heterocycles. The highest BCUT2D eigenvalue weighted by molar-refractivity contribution is 7.91. The third kappa shape index (κ3) is 3.14. The number of sulfone groups is 1. The highest BCUT2D eigenvalue weighted by Crippen LogP contribution is 2.32. The van der Waals surface area contributed by atoms with E-state index in [9.17, 15) is 12.8 Å². The van der Waals surface area contributed by atoms with Gasteiger partial charge in [0.1, 0.15) is 5.82 Å². The largest absolute Gasteiger partial charge is 0.309 e. The lowest BCUT2D eigenvalue weighted by atomic mass is 10.0. The normalized spacial score (nSPS) is 20.1.